The minimum atomic E-state index is -4.68. The molecule has 0 bridgehead atoms. The summed E-state index contributed by atoms with van der Waals surface area (Å²) in [6.07, 6.45) is 0.699. The maximum absolute atomic E-state index is 13.6. The molecule has 0 aliphatic carbocycles. The third kappa shape index (κ3) is 4.89. The van der Waals surface area contributed by atoms with Gasteiger partial charge in [0.25, 0.3) is 11.8 Å². The molecule has 2 amide bonds. The molecule has 14 heteroatoms. The number of anilines is 1. The van der Waals surface area contributed by atoms with Gasteiger partial charge in [-0.25, -0.2) is 9.97 Å². The Morgan fingerprint density at radius 3 is 2.57 bits per heavy atom. The lowest BCUT2D eigenvalue weighted by Gasteiger charge is -2.13. The Balaban J connectivity index is 1.52. The first kappa shape index (κ1) is 23.7. The number of hydrogen-bond donors (Lipinski definition) is 2. The molecule has 4 aromatic rings. The van der Waals surface area contributed by atoms with Crippen LogP contribution in [0.1, 0.15) is 33.4 Å². The fraction of sp³-hybridized carbons (Fsp3) is 0.130. The predicted molar refractivity (Wildman–Crippen MR) is 123 cm³/mol. The SMILES string of the molecule is Cc1cc(-n2nc(C3C=CC(=O)N=N3)cc2NC(=O)c2ccc(C(F)(F)F)c(-c3ncccn3)c2)n[nH]1. The number of aryl methyl sites for hydroxylation is 1. The molecule has 4 heterocycles. The summed E-state index contributed by atoms with van der Waals surface area (Å²) in [5, 5.41) is 21.4. The molecule has 11 nitrogen and oxygen atoms in total. The lowest BCUT2D eigenvalue weighted by Crippen LogP contribution is -2.16. The number of alkyl halides is 3. The van der Waals surface area contributed by atoms with Crippen molar-refractivity contribution < 1.29 is 22.8 Å². The van der Waals surface area contributed by atoms with Gasteiger partial charge in [0.05, 0.1) is 11.3 Å². The van der Waals surface area contributed by atoms with Gasteiger partial charge in [-0.15, -0.1) is 5.11 Å². The van der Waals surface area contributed by atoms with Crippen molar-refractivity contribution in [1.82, 2.24) is 29.9 Å². The molecule has 1 atom stereocenters. The zero-order valence-corrected chi connectivity index (χ0v) is 18.9. The summed E-state index contributed by atoms with van der Waals surface area (Å²) in [5.41, 5.74) is -0.295. The fourth-order valence-corrected chi connectivity index (χ4v) is 3.59. The molecule has 0 fully saturated rings. The van der Waals surface area contributed by atoms with Gasteiger partial charge in [0.1, 0.15) is 11.9 Å². The van der Waals surface area contributed by atoms with Gasteiger partial charge < -0.3 is 5.32 Å². The van der Waals surface area contributed by atoms with E-state index in [0.29, 0.717) is 11.5 Å². The van der Waals surface area contributed by atoms with E-state index < -0.39 is 29.6 Å². The number of aromatic nitrogens is 6. The molecule has 1 aliphatic heterocycles. The predicted octanol–water partition coefficient (Wildman–Crippen LogP) is 4.22. The number of benzene rings is 1. The summed E-state index contributed by atoms with van der Waals surface area (Å²) in [4.78, 5) is 32.3. The molecule has 0 saturated carbocycles. The van der Waals surface area contributed by atoms with E-state index in [4.69, 9.17) is 0 Å². The first-order valence-corrected chi connectivity index (χ1v) is 10.7. The van der Waals surface area contributed by atoms with Gasteiger partial charge >= 0.3 is 6.18 Å². The van der Waals surface area contributed by atoms with Crippen LogP contribution in [0.25, 0.3) is 17.2 Å². The highest BCUT2D eigenvalue weighted by Crippen LogP contribution is 2.36. The van der Waals surface area contributed by atoms with Crippen molar-refractivity contribution >= 4 is 17.6 Å². The number of carbonyl (C=O) groups excluding carboxylic acids is 2. The number of aromatic amines is 1. The molecule has 0 saturated heterocycles. The van der Waals surface area contributed by atoms with E-state index in [2.05, 4.69) is 40.8 Å². The Morgan fingerprint density at radius 2 is 1.92 bits per heavy atom. The van der Waals surface area contributed by atoms with Crippen LogP contribution in [0, 0.1) is 6.92 Å². The minimum Gasteiger partial charge on any atom is -0.306 e. The minimum absolute atomic E-state index is 0.0641. The first-order chi connectivity index (χ1) is 17.7. The van der Waals surface area contributed by atoms with Gasteiger partial charge in [-0.05, 0) is 37.3 Å². The molecular formula is C23H16F3N9O2. The molecule has 0 radical (unpaired) electrons. The van der Waals surface area contributed by atoms with Gasteiger partial charge in [0, 0.05) is 47.4 Å². The summed E-state index contributed by atoms with van der Waals surface area (Å²) in [5.74, 6) is -0.871. The highest BCUT2D eigenvalue weighted by atomic mass is 19.4. The van der Waals surface area contributed by atoms with E-state index in [1.807, 2.05) is 0 Å². The number of hydrogen-bond acceptors (Lipinski definition) is 7. The number of nitrogens with zero attached hydrogens (tertiary/aromatic N) is 7. The zero-order chi connectivity index (χ0) is 26.2. The molecule has 1 aliphatic rings. The average Bonchev–Trinajstić information content (AvgIpc) is 3.50. The monoisotopic (exact) mass is 507 g/mol. The normalized spacial score (nSPS) is 15.2. The highest BCUT2D eigenvalue weighted by Gasteiger charge is 2.35. The van der Waals surface area contributed by atoms with E-state index in [9.17, 15) is 22.8 Å². The quantitative estimate of drug-likeness (QED) is 0.414. The van der Waals surface area contributed by atoms with E-state index >= 15 is 0 Å². The highest BCUT2D eigenvalue weighted by molar-refractivity contribution is 6.04. The van der Waals surface area contributed by atoms with Crippen LogP contribution in [0.2, 0.25) is 0 Å². The van der Waals surface area contributed by atoms with Crippen LogP contribution >= 0.6 is 0 Å². The van der Waals surface area contributed by atoms with Crippen LogP contribution in [0.15, 0.2) is 71.2 Å². The zero-order valence-electron chi connectivity index (χ0n) is 18.9. The maximum Gasteiger partial charge on any atom is 0.417 e. The van der Waals surface area contributed by atoms with Crippen molar-refractivity contribution in [2.45, 2.75) is 19.1 Å². The van der Waals surface area contributed by atoms with Gasteiger partial charge in [-0.2, -0.15) is 33.2 Å². The van der Waals surface area contributed by atoms with Gasteiger partial charge in [0.15, 0.2) is 11.6 Å². The second-order valence-electron chi connectivity index (χ2n) is 7.92. The largest absolute Gasteiger partial charge is 0.417 e. The molecule has 3 aromatic heterocycles. The van der Waals surface area contributed by atoms with Crippen molar-refractivity contribution in [3.05, 3.63) is 83.5 Å². The Morgan fingerprint density at radius 1 is 1.14 bits per heavy atom. The van der Waals surface area contributed by atoms with Gasteiger partial charge in [-0.3, -0.25) is 14.7 Å². The van der Waals surface area contributed by atoms with Gasteiger partial charge in [0.2, 0.25) is 0 Å². The first-order valence-electron chi connectivity index (χ1n) is 10.7. The van der Waals surface area contributed by atoms with Crippen molar-refractivity contribution in [2.24, 2.45) is 10.2 Å². The van der Waals surface area contributed by atoms with Crippen LogP contribution in [-0.2, 0) is 11.0 Å². The Labute approximate surface area is 206 Å². The molecule has 186 valence electrons. The summed E-state index contributed by atoms with van der Waals surface area (Å²) in [7, 11) is 0. The van der Waals surface area contributed by atoms with E-state index in [1.54, 1.807) is 13.0 Å². The molecule has 5 rings (SSSR count). The van der Waals surface area contributed by atoms with Crippen LogP contribution < -0.4 is 5.32 Å². The molecule has 37 heavy (non-hydrogen) atoms. The lowest BCUT2D eigenvalue weighted by molar-refractivity contribution is -0.137. The number of amides is 2. The third-order valence-electron chi connectivity index (χ3n) is 5.28. The standard InChI is InChI=1S/C23H16F3N9O2/c1-12-9-19(32-30-12)35-18(11-17(34-35)16-5-6-20(36)33-31-16)29-22(37)13-3-4-15(23(24,25)26)14(10-13)21-27-7-2-8-28-21/h2-11,16H,1H3,(H,29,37)(H,30,32). The molecular weight excluding hydrogens is 491 g/mol. The van der Waals surface area contributed by atoms with Crippen molar-refractivity contribution in [3.8, 4) is 17.2 Å². The topological polar surface area (TPSA) is 143 Å². The second kappa shape index (κ2) is 9.22. The van der Waals surface area contributed by atoms with Crippen molar-refractivity contribution in [3.63, 3.8) is 0 Å². The number of H-pyrrole nitrogens is 1. The van der Waals surface area contributed by atoms with Crippen LogP contribution in [0.3, 0.4) is 0 Å². The lowest BCUT2D eigenvalue weighted by atomic mass is 10.0. The van der Waals surface area contributed by atoms with E-state index in [0.717, 1.165) is 23.9 Å². The number of carbonyl (C=O) groups is 2. The Bertz CT molecular complexity index is 1540. The summed E-state index contributed by atoms with van der Waals surface area (Å²) < 4.78 is 42.3. The molecule has 0 spiro atoms. The van der Waals surface area contributed by atoms with Crippen LogP contribution in [0.4, 0.5) is 19.0 Å². The molecule has 2 N–H and O–H groups in total. The van der Waals surface area contributed by atoms with E-state index in [-0.39, 0.29) is 22.8 Å². The van der Waals surface area contributed by atoms with Crippen LogP contribution in [0.5, 0.6) is 0 Å². The van der Waals surface area contributed by atoms with Crippen LogP contribution in [-0.4, -0.2) is 41.8 Å². The second-order valence-corrected chi connectivity index (χ2v) is 7.92. The molecule has 1 aromatic carbocycles. The summed E-state index contributed by atoms with van der Waals surface area (Å²) >= 11 is 0. The number of rotatable bonds is 5. The van der Waals surface area contributed by atoms with Crippen molar-refractivity contribution in [1.29, 1.82) is 0 Å². The average molecular weight is 507 g/mol. The third-order valence-corrected chi connectivity index (χ3v) is 5.28. The molecule has 1 unspecified atom stereocenters. The smallest absolute Gasteiger partial charge is 0.306 e. The summed E-state index contributed by atoms with van der Waals surface area (Å²) in [6, 6.07) is 6.94. The number of azo groups is 1. The van der Waals surface area contributed by atoms with E-state index in [1.165, 1.54) is 41.4 Å². The number of halogens is 3. The Kier molecular flexibility index (Phi) is 5.91. The van der Waals surface area contributed by atoms with Crippen molar-refractivity contribution in [2.75, 3.05) is 5.32 Å². The number of nitrogens with one attached hydrogen (secondary N) is 2. The summed E-state index contributed by atoms with van der Waals surface area (Å²) in [6.45, 7) is 1.78. The maximum atomic E-state index is 13.6. The van der Waals surface area contributed by atoms with Gasteiger partial charge in [-0.1, -0.05) is 0 Å². The Hall–Kier alpha value is -5.01. The fourth-order valence-electron chi connectivity index (χ4n) is 3.59.